The van der Waals surface area contributed by atoms with E-state index in [0.717, 1.165) is 22.4 Å². The van der Waals surface area contributed by atoms with Crippen LogP contribution in [0.25, 0.3) is 5.82 Å². The summed E-state index contributed by atoms with van der Waals surface area (Å²) < 4.78 is 13.2. The normalized spacial score (nSPS) is 14.9. The van der Waals surface area contributed by atoms with E-state index in [0.29, 0.717) is 34.8 Å². The Hall–Kier alpha value is -3.62. The van der Waals surface area contributed by atoms with Crippen LogP contribution in [0.4, 0.5) is 5.82 Å². The molecule has 0 aliphatic carbocycles. The number of amides is 1. The number of nitrogens with one attached hydrogen (secondary N) is 1. The highest BCUT2D eigenvalue weighted by atomic mass is 35.5. The van der Waals surface area contributed by atoms with Crippen molar-refractivity contribution in [3.05, 3.63) is 87.2 Å². The first kappa shape index (κ1) is 23.1. The summed E-state index contributed by atoms with van der Waals surface area (Å²) in [4.78, 5) is 12.7. The van der Waals surface area contributed by atoms with Crippen molar-refractivity contribution in [2.75, 3.05) is 12.4 Å². The number of anilines is 1. The average Bonchev–Trinajstić information content (AvgIpc) is 3.19. The molecule has 35 heavy (non-hydrogen) atoms. The van der Waals surface area contributed by atoms with Crippen LogP contribution in [-0.4, -0.2) is 33.0 Å². The number of fused-ring (bicyclic) bond motifs is 1. The molecule has 1 aliphatic heterocycles. The standard InChI is InChI=1S/C25H21Cl2N5O3/c1-14-24-18(12-23(33)28-25(24)32(31-14)22-10-9-21(27)29-30-22)16-5-8-19(20(11-16)34-2)35-13-15-3-6-17(26)7-4-15/h3-11,18H,12-13H2,1-2H3,(H,28,33)/t18-/m0/s1. The molecule has 10 heteroatoms. The van der Waals surface area contributed by atoms with Crippen LogP contribution in [-0.2, 0) is 11.4 Å². The molecule has 4 aromatic rings. The Morgan fingerprint density at radius 1 is 1.06 bits per heavy atom. The first-order valence-electron chi connectivity index (χ1n) is 10.9. The maximum absolute atomic E-state index is 12.7. The van der Waals surface area contributed by atoms with Gasteiger partial charge in [0, 0.05) is 22.9 Å². The van der Waals surface area contributed by atoms with Gasteiger partial charge in [0.05, 0.1) is 12.8 Å². The fraction of sp³-hybridized carbons (Fsp3) is 0.200. The van der Waals surface area contributed by atoms with Crippen molar-refractivity contribution in [2.45, 2.75) is 25.9 Å². The Morgan fingerprint density at radius 2 is 1.86 bits per heavy atom. The van der Waals surface area contributed by atoms with Crippen molar-refractivity contribution in [2.24, 2.45) is 0 Å². The second kappa shape index (κ2) is 9.56. The van der Waals surface area contributed by atoms with Gasteiger partial charge < -0.3 is 14.8 Å². The minimum atomic E-state index is -0.216. The number of benzene rings is 2. The topological polar surface area (TPSA) is 91.2 Å². The van der Waals surface area contributed by atoms with Crippen molar-refractivity contribution in [3.8, 4) is 17.3 Å². The molecule has 1 N–H and O–H groups in total. The molecular weight excluding hydrogens is 489 g/mol. The third-order valence-corrected chi connectivity index (χ3v) is 6.29. The van der Waals surface area contributed by atoms with Gasteiger partial charge in [-0.25, -0.2) is 0 Å². The van der Waals surface area contributed by atoms with E-state index >= 15 is 0 Å². The fourth-order valence-electron chi connectivity index (χ4n) is 4.18. The molecule has 1 aliphatic rings. The van der Waals surface area contributed by atoms with E-state index in [1.165, 1.54) is 0 Å². The number of rotatable bonds is 6. The molecule has 3 heterocycles. The monoisotopic (exact) mass is 509 g/mol. The zero-order valence-corrected chi connectivity index (χ0v) is 20.5. The molecule has 0 saturated carbocycles. The molecule has 1 amide bonds. The van der Waals surface area contributed by atoms with Crippen LogP contribution in [0, 0.1) is 6.92 Å². The molecule has 2 aromatic heterocycles. The highest BCUT2D eigenvalue weighted by molar-refractivity contribution is 6.30. The molecule has 0 saturated heterocycles. The highest BCUT2D eigenvalue weighted by Crippen LogP contribution is 2.42. The van der Waals surface area contributed by atoms with Crippen molar-refractivity contribution in [3.63, 3.8) is 0 Å². The number of hydrogen-bond donors (Lipinski definition) is 1. The smallest absolute Gasteiger partial charge is 0.226 e. The van der Waals surface area contributed by atoms with Crippen LogP contribution in [0.5, 0.6) is 11.5 Å². The van der Waals surface area contributed by atoms with Gasteiger partial charge in [-0.2, -0.15) is 9.78 Å². The molecular formula is C25H21Cl2N5O3. The van der Waals surface area contributed by atoms with Gasteiger partial charge in [0.15, 0.2) is 22.5 Å². The number of carbonyl (C=O) groups is 1. The lowest BCUT2D eigenvalue weighted by Gasteiger charge is -2.25. The van der Waals surface area contributed by atoms with E-state index < -0.39 is 0 Å². The second-order valence-corrected chi connectivity index (χ2v) is 8.93. The first-order chi connectivity index (χ1) is 16.9. The van der Waals surface area contributed by atoms with Gasteiger partial charge in [-0.05, 0) is 54.4 Å². The number of aromatic nitrogens is 4. The third-order valence-electron chi connectivity index (χ3n) is 5.84. The highest BCUT2D eigenvalue weighted by Gasteiger charge is 2.33. The lowest BCUT2D eigenvalue weighted by Crippen LogP contribution is -2.25. The second-order valence-electron chi connectivity index (χ2n) is 8.10. The quantitative estimate of drug-likeness (QED) is 0.377. The van der Waals surface area contributed by atoms with E-state index in [4.69, 9.17) is 32.7 Å². The number of nitrogens with zero attached hydrogens (tertiary/aromatic N) is 4. The molecule has 5 rings (SSSR count). The summed E-state index contributed by atoms with van der Waals surface area (Å²) in [6.07, 6.45) is 0.278. The minimum absolute atomic E-state index is 0.118. The van der Waals surface area contributed by atoms with Crippen LogP contribution in [0.15, 0.2) is 54.6 Å². The maximum atomic E-state index is 12.7. The summed E-state index contributed by atoms with van der Waals surface area (Å²) >= 11 is 11.8. The summed E-state index contributed by atoms with van der Waals surface area (Å²) in [5.41, 5.74) is 3.60. The Bertz CT molecular complexity index is 1390. The van der Waals surface area contributed by atoms with Crippen LogP contribution < -0.4 is 14.8 Å². The summed E-state index contributed by atoms with van der Waals surface area (Å²) in [5, 5.41) is 16.5. The number of hydrogen-bond acceptors (Lipinski definition) is 6. The fourth-order valence-corrected chi connectivity index (χ4v) is 4.41. The Balaban J connectivity index is 1.47. The summed E-state index contributed by atoms with van der Waals surface area (Å²) in [7, 11) is 1.59. The van der Waals surface area contributed by atoms with Gasteiger partial charge in [0.2, 0.25) is 5.91 Å². The zero-order chi connectivity index (χ0) is 24.5. The van der Waals surface area contributed by atoms with Crippen molar-refractivity contribution in [1.29, 1.82) is 0 Å². The van der Waals surface area contributed by atoms with Crippen LogP contribution in [0.3, 0.4) is 0 Å². The molecule has 1 atom stereocenters. The molecule has 2 aromatic carbocycles. The number of halogens is 2. The molecule has 0 unspecified atom stereocenters. The molecule has 0 fully saturated rings. The van der Waals surface area contributed by atoms with E-state index in [1.807, 2.05) is 49.4 Å². The van der Waals surface area contributed by atoms with Crippen LogP contribution >= 0.6 is 23.2 Å². The molecule has 0 bridgehead atoms. The Kier molecular flexibility index (Phi) is 6.32. The van der Waals surface area contributed by atoms with E-state index in [9.17, 15) is 4.79 Å². The van der Waals surface area contributed by atoms with Gasteiger partial charge in [0.25, 0.3) is 0 Å². The van der Waals surface area contributed by atoms with Gasteiger partial charge >= 0.3 is 0 Å². The molecule has 178 valence electrons. The van der Waals surface area contributed by atoms with Gasteiger partial charge in [-0.1, -0.05) is 41.4 Å². The molecule has 0 radical (unpaired) electrons. The Labute approximate surface area is 211 Å². The lowest BCUT2D eigenvalue weighted by molar-refractivity contribution is -0.116. The van der Waals surface area contributed by atoms with Crippen molar-refractivity contribution in [1.82, 2.24) is 20.0 Å². The SMILES string of the molecule is COc1cc([C@@H]2CC(=O)Nc3c2c(C)nn3-c2ccc(Cl)nn2)ccc1OCc1ccc(Cl)cc1. The molecule has 0 spiro atoms. The van der Waals surface area contributed by atoms with Gasteiger partial charge in [0.1, 0.15) is 12.4 Å². The zero-order valence-electron chi connectivity index (χ0n) is 19.0. The van der Waals surface area contributed by atoms with Gasteiger partial charge in [-0.3, -0.25) is 4.79 Å². The average molecular weight is 510 g/mol. The van der Waals surface area contributed by atoms with Crippen LogP contribution in [0.1, 0.15) is 34.7 Å². The third kappa shape index (κ3) is 4.67. The van der Waals surface area contributed by atoms with E-state index in [1.54, 1.807) is 23.9 Å². The largest absolute Gasteiger partial charge is 0.493 e. The van der Waals surface area contributed by atoms with Crippen molar-refractivity contribution < 1.29 is 14.3 Å². The predicted octanol–water partition coefficient (Wildman–Crippen LogP) is 5.34. The summed E-state index contributed by atoms with van der Waals surface area (Å²) in [6, 6.07) is 16.5. The number of methoxy groups -OCH3 is 1. The number of carbonyl (C=O) groups excluding carboxylic acids is 1. The lowest BCUT2D eigenvalue weighted by atomic mass is 9.85. The number of aryl methyl sites for hydroxylation is 1. The van der Waals surface area contributed by atoms with E-state index in [2.05, 4.69) is 20.6 Å². The first-order valence-corrected chi connectivity index (χ1v) is 11.6. The predicted molar refractivity (Wildman–Crippen MR) is 133 cm³/mol. The summed E-state index contributed by atoms with van der Waals surface area (Å²) in [6.45, 7) is 2.28. The summed E-state index contributed by atoms with van der Waals surface area (Å²) in [5.74, 6) is 1.89. The van der Waals surface area contributed by atoms with Crippen molar-refractivity contribution >= 4 is 34.9 Å². The van der Waals surface area contributed by atoms with E-state index in [-0.39, 0.29) is 23.4 Å². The number of ether oxygens (including phenoxy) is 2. The molecule has 8 nitrogen and oxygen atoms in total. The van der Waals surface area contributed by atoms with Gasteiger partial charge in [-0.15, -0.1) is 10.2 Å². The van der Waals surface area contributed by atoms with Crippen LogP contribution in [0.2, 0.25) is 10.2 Å². The minimum Gasteiger partial charge on any atom is -0.493 e. The maximum Gasteiger partial charge on any atom is 0.226 e. The Morgan fingerprint density at radius 3 is 2.57 bits per heavy atom.